The van der Waals surface area contributed by atoms with E-state index in [9.17, 15) is 0 Å². The molecule has 0 saturated carbocycles. The van der Waals surface area contributed by atoms with E-state index in [0.29, 0.717) is 0 Å². The highest BCUT2D eigenvalue weighted by molar-refractivity contribution is 7.99. The fourth-order valence-electron chi connectivity index (χ4n) is 1.07. The van der Waals surface area contributed by atoms with Gasteiger partial charge in [-0.25, -0.2) is 4.99 Å². The van der Waals surface area contributed by atoms with Gasteiger partial charge in [-0.05, 0) is 5.56 Å². The first-order chi connectivity index (χ1) is 6.79. The summed E-state index contributed by atoms with van der Waals surface area (Å²) in [4.78, 5) is 3.97. The molecule has 0 radical (unpaired) electrons. The Labute approximate surface area is 86.3 Å². The van der Waals surface area contributed by atoms with Crippen LogP contribution in [0.4, 0.5) is 0 Å². The molecule has 0 amide bonds. The quantitative estimate of drug-likeness (QED) is 0.768. The minimum atomic E-state index is -0.907. The zero-order chi connectivity index (χ0) is 9.86. The van der Waals surface area contributed by atoms with Crippen LogP contribution in [0.1, 0.15) is 5.56 Å². The third kappa shape index (κ3) is 2.18. The zero-order valence-electron chi connectivity index (χ0n) is 7.50. The molecule has 4 nitrogen and oxygen atoms in total. The maximum Gasteiger partial charge on any atom is 0.273 e. The number of nitrogens with two attached hydrogens (primary N) is 1. The topological polar surface area (TPSA) is 63.1 Å². The lowest BCUT2D eigenvalue weighted by molar-refractivity contribution is 0.679. The highest BCUT2D eigenvalue weighted by atomic mass is 32.2. The van der Waals surface area contributed by atoms with Gasteiger partial charge in [0.25, 0.3) is 5.12 Å². The lowest BCUT2D eigenvalue weighted by atomic mass is 10.2. The van der Waals surface area contributed by atoms with Crippen LogP contribution in [0, 0.1) is 0 Å². The number of hydrogen-bond donors (Lipinski definition) is 1. The van der Waals surface area contributed by atoms with E-state index >= 15 is 0 Å². The van der Waals surface area contributed by atoms with E-state index in [0.717, 1.165) is 5.75 Å². The van der Waals surface area contributed by atoms with Gasteiger partial charge < -0.3 is 0 Å². The number of thioether (sulfide) groups is 1. The second-order valence-electron chi connectivity index (χ2n) is 2.89. The van der Waals surface area contributed by atoms with E-state index in [4.69, 9.17) is 5.73 Å². The van der Waals surface area contributed by atoms with Crippen molar-refractivity contribution in [3.8, 4) is 0 Å². The van der Waals surface area contributed by atoms with Crippen molar-refractivity contribution in [2.45, 2.75) is 10.9 Å². The van der Waals surface area contributed by atoms with Gasteiger partial charge in [0.1, 0.15) is 6.34 Å². The van der Waals surface area contributed by atoms with E-state index in [-0.39, 0.29) is 0 Å². The molecule has 72 valence electrons. The van der Waals surface area contributed by atoms with Crippen molar-refractivity contribution in [3.05, 3.63) is 35.9 Å². The first-order valence-electron chi connectivity index (χ1n) is 4.21. The van der Waals surface area contributed by atoms with Gasteiger partial charge in [0.15, 0.2) is 0 Å². The molecule has 0 spiro atoms. The highest BCUT2D eigenvalue weighted by Gasteiger charge is 2.25. The van der Waals surface area contributed by atoms with Crippen LogP contribution in [0.25, 0.3) is 0 Å². The van der Waals surface area contributed by atoms with E-state index in [1.165, 1.54) is 23.7 Å². The van der Waals surface area contributed by atoms with Crippen LogP contribution < -0.4 is 5.73 Å². The normalized spacial score (nSPS) is 24.4. The molecular weight excluding hydrogens is 196 g/mol. The number of benzene rings is 1. The molecule has 0 aliphatic carbocycles. The number of rotatable bonds is 3. The Balaban J connectivity index is 1.95. The van der Waals surface area contributed by atoms with Crippen LogP contribution in [0.5, 0.6) is 0 Å². The van der Waals surface area contributed by atoms with Crippen LogP contribution in [-0.4, -0.2) is 11.5 Å². The van der Waals surface area contributed by atoms with Crippen LogP contribution in [0.15, 0.2) is 45.6 Å². The van der Waals surface area contributed by atoms with Crippen LogP contribution in [0.2, 0.25) is 0 Å². The molecule has 1 aliphatic heterocycles. The fourth-order valence-corrected chi connectivity index (χ4v) is 1.87. The molecule has 1 unspecified atom stereocenters. The zero-order valence-corrected chi connectivity index (χ0v) is 8.31. The van der Waals surface area contributed by atoms with E-state index in [2.05, 4.69) is 15.2 Å². The third-order valence-electron chi connectivity index (χ3n) is 1.79. The predicted molar refractivity (Wildman–Crippen MR) is 58.0 cm³/mol. The monoisotopic (exact) mass is 206 g/mol. The summed E-state index contributed by atoms with van der Waals surface area (Å²) in [7, 11) is 0. The van der Waals surface area contributed by atoms with Crippen molar-refractivity contribution in [1.82, 2.24) is 0 Å². The smallest absolute Gasteiger partial charge is 0.273 e. The molecular formula is C9H10N4S. The largest absolute Gasteiger partial charge is 0.278 e. The molecule has 2 rings (SSSR count). The SMILES string of the molecule is NC1(SCc2ccccc2)N=CN=N1. The summed E-state index contributed by atoms with van der Waals surface area (Å²) >= 11 is 1.46. The van der Waals surface area contributed by atoms with Gasteiger partial charge in [-0.3, -0.25) is 5.73 Å². The molecule has 14 heavy (non-hydrogen) atoms. The first-order valence-corrected chi connectivity index (χ1v) is 5.19. The van der Waals surface area contributed by atoms with Crippen molar-refractivity contribution >= 4 is 18.1 Å². The molecule has 5 heteroatoms. The van der Waals surface area contributed by atoms with Crippen molar-refractivity contribution < 1.29 is 0 Å². The summed E-state index contributed by atoms with van der Waals surface area (Å²) < 4.78 is 0. The molecule has 1 heterocycles. The summed E-state index contributed by atoms with van der Waals surface area (Å²) in [5, 5.41) is 6.56. The second kappa shape index (κ2) is 3.89. The van der Waals surface area contributed by atoms with E-state index < -0.39 is 5.12 Å². The van der Waals surface area contributed by atoms with E-state index in [1.807, 2.05) is 30.3 Å². The maximum absolute atomic E-state index is 5.81. The Hall–Kier alpha value is -1.20. The molecule has 1 atom stereocenters. The Morgan fingerprint density at radius 3 is 2.71 bits per heavy atom. The van der Waals surface area contributed by atoms with Crippen LogP contribution >= 0.6 is 11.8 Å². The summed E-state index contributed by atoms with van der Waals surface area (Å²) in [5.74, 6) is 0.785. The number of azo groups is 1. The minimum Gasteiger partial charge on any atom is -0.278 e. The van der Waals surface area contributed by atoms with Crippen molar-refractivity contribution in [2.24, 2.45) is 21.0 Å². The second-order valence-corrected chi connectivity index (χ2v) is 4.07. The summed E-state index contributed by atoms with van der Waals surface area (Å²) in [6.45, 7) is 0. The lowest BCUT2D eigenvalue weighted by Crippen LogP contribution is -2.29. The minimum absolute atomic E-state index is 0.785. The predicted octanol–water partition coefficient (Wildman–Crippen LogP) is 1.98. The highest BCUT2D eigenvalue weighted by Crippen LogP contribution is 2.28. The summed E-state index contributed by atoms with van der Waals surface area (Å²) in [6, 6.07) is 10.1. The number of hydrogen-bond acceptors (Lipinski definition) is 5. The van der Waals surface area contributed by atoms with Gasteiger partial charge in [-0.1, -0.05) is 42.1 Å². The number of aliphatic imine (C=N–C) groups is 1. The van der Waals surface area contributed by atoms with Crippen molar-refractivity contribution in [1.29, 1.82) is 0 Å². The average Bonchev–Trinajstić information content (AvgIpc) is 2.65. The molecule has 2 N–H and O–H groups in total. The van der Waals surface area contributed by atoms with Gasteiger partial charge in [0.05, 0.1) is 0 Å². The standard InChI is InChI=1S/C9H10N4S/c10-9(11-7-12-13-9)14-6-8-4-2-1-3-5-8/h1-5,7H,6,10H2. The fraction of sp³-hybridized carbons (Fsp3) is 0.222. The van der Waals surface area contributed by atoms with Crippen molar-refractivity contribution in [3.63, 3.8) is 0 Å². The Morgan fingerprint density at radius 1 is 1.29 bits per heavy atom. The van der Waals surface area contributed by atoms with Crippen LogP contribution in [0.3, 0.4) is 0 Å². The maximum atomic E-state index is 5.81. The molecule has 1 aliphatic rings. The molecule has 1 aromatic carbocycles. The number of nitrogens with zero attached hydrogens (tertiary/aromatic N) is 3. The average molecular weight is 206 g/mol. The summed E-state index contributed by atoms with van der Waals surface area (Å²) in [6.07, 6.45) is 1.39. The molecule has 1 aromatic rings. The third-order valence-corrected chi connectivity index (χ3v) is 2.88. The lowest BCUT2D eigenvalue weighted by Gasteiger charge is -2.13. The van der Waals surface area contributed by atoms with Gasteiger partial charge in [0, 0.05) is 5.75 Å². The Bertz CT molecular complexity index is 348. The van der Waals surface area contributed by atoms with Crippen molar-refractivity contribution in [2.75, 3.05) is 0 Å². The first kappa shape index (κ1) is 9.36. The van der Waals surface area contributed by atoms with Gasteiger partial charge in [-0.15, -0.1) is 10.2 Å². The molecule has 0 fully saturated rings. The van der Waals surface area contributed by atoms with Gasteiger partial charge in [0.2, 0.25) is 0 Å². The Morgan fingerprint density at radius 2 is 2.07 bits per heavy atom. The van der Waals surface area contributed by atoms with Crippen LogP contribution in [-0.2, 0) is 5.75 Å². The van der Waals surface area contributed by atoms with Gasteiger partial charge in [-0.2, -0.15) is 0 Å². The molecule has 0 aromatic heterocycles. The molecule has 0 bridgehead atoms. The summed E-state index contributed by atoms with van der Waals surface area (Å²) in [5.41, 5.74) is 7.02. The molecule has 0 saturated heterocycles. The van der Waals surface area contributed by atoms with E-state index in [1.54, 1.807) is 0 Å². The Kier molecular flexibility index (Phi) is 2.60. The van der Waals surface area contributed by atoms with Gasteiger partial charge >= 0.3 is 0 Å².